The van der Waals surface area contributed by atoms with Crippen molar-refractivity contribution in [3.63, 3.8) is 0 Å². The van der Waals surface area contributed by atoms with Gasteiger partial charge in [-0.3, -0.25) is 10.1 Å². The largest absolute Gasteiger partial charge is 0.494 e. The van der Waals surface area contributed by atoms with E-state index in [0.717, 1.165) is 0 Å². The van der Waals surface area contributed by atoms with E-state index in [0.29, 0.717) is 28.3 Å². The zero-order chi connectivity index (χ0) is 27.8. The summed E-state index contributed by atoms with van der Waals surface area (Å²) in [5, 5.41) is 10.9. The first-order valence-electron chi connectivity index (χ1n) is 10.9. The Morgan fingerprint density at radius 1 is 0.737 bits per heavy atom. The van der Waals surface area contributed by atoms with Crippen molar-refractivity contribution < 1.29 is 42.3 Å². The van der Waals surface area contributed by atoms with Crippen molar-refractivity contribution >= 4 is 23.3 Å². The van der Waals surface area contributed by atoms with Gasteiger partial charge in [-0.25, -0.2) is 9.59 Å². The van der Waals surface area contributed by atoms with Crippen molar-refractivity contribution in [1.82, 2.24) is 0 Å². The molecule has 0 unspecified atom stereocenters. The number of para-hydroxylation sites is 2. The van der Waals surface area contributed by atoms with Crippen LogP contribution in [-0.2, 0) is 9.47 Å². The maximum Gasteiger partial charge on any atom is 0.373 e. The molecule has 0 radical (unpaired) electrons. The lowest BCUT2D eigenvalue weighted by Gasteiger charge is -2.08. The maximum absolute atomic E-state index is 11.3. The summed E-state index contributed by atoms with van der Waals surface area (Å²) < 4.78 is 30.1. The van der Waals surface area contributed by atoms with E-state index < -0.39 is 16.9 Å². The molecule has 12 heteroatoms. The topological polar surface area (TPSA) is 166 Å². The minimum atomic E-state index is -0.624. The Morgan fingerprint density at radius 3 is 1.66 bits per heavy atom. The van der Waals surface area contributed by atoms with Gasteiger partial charge in [0.1, 0.15) is 11.5 Å². The fourth-order valence-corrected chi connectivity index (χ4v) is 3.44. The van der Waals surface area contributed by atoms with Crippen LogP contribution in [0.1, 0.15) is 21.1 Å². The van der Waals surface area contributed by atoms with Crippen LogP contribution >= 0.6 is 0 Å². The summed E-state index contributed by atoms with van der Waals surface area (Å²) in [7, 11) is 5.39. The predicted octanol–water partition coefficient (Wildman–Crippen LogP) is 4.97. The second-order valence-electron chi connectivity index (χ2n) is 7.35. The number of furan rings is 2. The highest BCUT2D eigenvalue weighted by Gasteiger charge is 2.22. The molecular formula is C26H24N2O10. The highest BCUT2D eigenvalue weighted by atomic mass is 16.6. The summed E-state index contributed by atoms with van der Waals surface area (Å²) in [5.74, 6) is 0.370. The van der Waals surface area contributed by atoms with Crippen molar-refractivity contribution in [3.8, 4) is 34.1 Å². The van der Waals surface area contributed by atoms with Crippen LogP contribution < -0.4 is 15.2 Å². The number of ether oxygens (including phenoxy) is 4. The van der Waals surface area contributed by atoms with Gasteiger partial charge < -0.3 is 33.5 Å². The molecule has 0 aliphatic heterocycles. The van der Waals surface area contributed by atoms with Crippen molar-refractivity contribution in [2.45, 2.75) is 0 Å². The molecule has 12 nitrogen and oxygen atoms in total. The van der Waals surface area contributed by atoms with Crippen LogP contribution in [0.3, 0.4) is 0 Å². The van der Waals surface area contributed by atoms with Crippen LogP contribution in [0.4, 0.5) is 11.4 Å². The van der Waals surface area contributed by atoms with Crippen molar-refractivity contribution in [2.75, 3.05) is 34.2 Å². The number of nitro benzene ring substituents is 1. The molecule has 0 spiro atoms. The second-order valence-corrected chi connectivity index (χ2v) is 7.35. The number of nitro groups is 1. The number of carbonyl (C=O) groups excluding carboxylic acids is 2. The Balaban J connectivity index is 0.000000212. The number of anilines is 1. The van der Waals surface area contributed by atoms with Gasteiger partial charge in [-0.1, -0.05) is 12.1 Å². The number of methoxy groups -OCH3 is 4. The Labute approximate surface area is 216 Å². The van der Waals surface area contributed by atoms with E-state index in [1.165, 1.54) is 52.7 Å². The summed E-state index contributed by atoms with van der Waals surface area (Å²) in [6, 6.07) is 15.9. The fraction of sp³-hybridized carbons (Fsp3) is 0.154. The third kappa shape index (κ3) is 5.75. The maximum atomic E-state index is 11.3. The van der Waals surface area contributed by atoms with Crippen LogP contribution in [0.2, 0.25) is 0 Å². The van der Waals surface area contributed by atoms with Gasteiger partial charge in [-0.15, -0.1) is 0 Å². The van der Waals surface area contributed by atoms with Crippen LogP contribution in [0, 0.1) is 10.1 Å². The molecule has 0 aliphatic carbocycles. The number of esters is 2. The minimum Gasteiger partial charge on any atom is -0.494 e. The number of carbonyl (C=O) groups is 2. The van der Waals surface area contributed by atoms with E-state index in [1.54, 1.807) is 36.4 Å². The van der Waals surface area contributed by atoms with Gasteiger partial charge in [0.05, 0.1) is 50.2 Å². The molecule has 38 heavy (non-hydrogen) atoms. The number of nitrogens with zero attached hydrogens (tertiary/aromatic N) is 1. The van der Waals surface area contributed by atoms with E-state index >= 15 is 0 Å². The number of benzene rings is 2. The van der Waals surface area contributed by atoms with Gasteiger partial charge in [0.15, 0.2) is 5.75 Å². The smallest absolute Gasteiger partial charge is 0.373 e. The van der Waals surface area contributed by atoms with E-state index in [-0.39, 0.29) is 28.7 Å². The molecule has 4 aromatic rings. The molecule has 2 N–H and O–H groups in total. The SMILES string of the molecule is COC(=O)c1ccc(-c2cccc(N)c2OC)o1.COC(=O)c1ccc(-c2cccc([N+](=O)[O-])c2OC)o1. The Bertz CT molecular complexity index is 1450. The fourth-order valence-electron chi connectivity index (χ4n) is 3.44. The first-order chi connectivity index (χ1) is 18.2. The average Bonchev–Trinajstić information content (AvgIpc) is 3.62. The van der Waals surface area contributed by atoms with Crippen molar-refractivity contribution in [3.05, 3.63) is 82.3 Å². The number of nitrogens with two attached hydrogens (primary N) is 1. The molecule has 0 aliphatic rings. The van der Waals surface area contributed by atoms with Crippen LogP contribution in [-0.4, -0.2) is 45.3 Å². The van der Waals surface area contributed by atoms with Crippen molar-refractivity contribution in [2.24, 2.45) is 0 Å². The van der Waals surface area contributed by atoms with Crippen LogP contribution in [0.5, 0.6) is 11.5 Å². The van der Waals surface area contributed by atoms with Crippen LogP contribution in [0.15, 0.2) is 69.5 Å². The second kappa shape index (κ2) is 12.1. The molecule has 4 rings (SSSR count). The summed E-state index contributed by atoms with van der Waals surface area (Å²) in [4.78, 5) is 33.0. The average molecular weight is 524 g/mol. The molecular weight excluding hydrogens is 500 g/mol. The third-order valence-electron chi connectivity index (χ3n) is 5.16. The lowest BCUT2D eigenvalue weighted by molar-refractivity contribution is -0.385. The lowest BCUT2D eigenvalue weighted by atomic mass is 10.1. The molecule has 0 saturated heterocycles. The molecule has 2 heterocycles. The zero-order valence-corrected chi connectivity index (χ0v) is 20.9. The number of hydrogen-bond donors (Lipinski definition) is 1. The normalized spacial score (nSPS) is 10.1. The highest BCUT2D eigenvalue weighted by Crippen LogP contribution is 2.38. The Hall–Kier alpha value is -5.26. The van der Waals surface area contributed by atoms with E-state index in [1.807, 2.05) is 0 Å². The standard InChI is InChI=1S/C13H11NO6.C13H13NO4/c1-18-12-8(4-3-5-9(12)14(16)17)10-6-7-11(20-10)13(15)19-2;1-16-12-8(4-3-5-9(12)14)10-6-7-11(18-10)13(15)17-2/h3-7H,1-2H3;3-7H,14H2,1-2H3. The molecule has 2 aromatic carbocycles. The summed E-state index contributed by atoms with van der Waals surface area (Å²) in [6.45, 7) is 0. The molecule has 0 bridgehead atoms. The van der Waals surface area contributed by atoms with Gasteiger partial charge in [-0.2, -0.15) is 0 Å². The molecule has 0 atom stereocenters. The highest BCUT2D eigenvalue weighted by molar-refractivity contribution is 5.88. The lowest BCUT2D eigenvalue weighted by Crippen LogP contribution is -1.98. The Morgan fingerprint density at radius 2 is 1.21 bits per heavy atom. The quantitative estimate of drug-likeness (QED) is 0.150. The summed E-state index contributed by atoms with van der Waals surface area (Å²) >= 11 is 0. The number of nitrogen functional groups attached to an aromatic ring is 1. The zero-order valence-electron chi connectivity index (χ0n) is 20.9. The first kappa shape index (κ1) is 27.3. The molecule has 198 valence electrons. The summed E-state index contributed by atoms with van der Waals surface area (Å²) in [5.41, 5.74) is 7.20. The minimum absolute atomic E-state index is 0.0102. The van der Waals surface area contributed by atoms with Gasteiger partial charge in [-0.05, 0) is 42.5 Å². The molecule has 2 aromatic heterocycles. The van der Waals surface area contributed by atoms with E-state index in [4.69, 9.17) is 24.0 Å². The van der Waals surface area contributed by atoms with Gasteiger partial charge in [0, 0.05) is 6.07 Å². The Kier molecular flexibility index (Phi) is 8.72. The predicted molar refractivity (Wildman–Crippen MR) is 135 cm³/mol. The number of hydrogen-bond acceptors (Lipinski definition) is 11. The molecule has 0 fully saturated rings. The monoisotopic (exact) mass is 524 g/mol. The first-order valence-corrected chi connectivity index (χ1v) is 10.9. The van der Waals surface area contributed by atoms with E-state index in [2.05, 4.69) is 9.47 Å². The van der Waals surface area contributed by atoms with Gasteiger partial charge in [0.2, 0.25) is 17.3 Å². The summed E-state index contributed by atoms with van der Waals surface area (Å²) in [6.07, 6.45) is 0. The molecule has 0 amide bonds. The van der Waals surface area contributed by atoms with E-state index in [9.17, 15) is 19.7 Å². The van der Waals surface area contributed by atoms with Crippen LogP contribution in [0.25, 0.3) is 22.6 Å². The van der Waals surface area contributed by atoms with Gasteiger partial charge >= 0.3 is 17.6 Å². The van der Waals surface area contributed by atoms with Gasteiger partial charge in [0.25, 0.3) is 0 Å². The number of rotatable bonds is 7. The third-order valence-corrected chi connectivity index (χ3v) is 5.16. The molecule has 0 saturated carbocycles. The van der Waals surface area contributed by atoms with Crippen molar-refractivity contribution in [1.29, 1.82) is 0 Å².